The van der Waals surface area contributed by atoms with Gasteiger partial charge in [-0.15, -0.1) is 0 Å². The van der Waals surface area contributed by atoms with E-state index in [0.717, 1.165) is 57.4 Å². The second-order valence-electron chi connectivity index (χ2n) is 14.6. The molecule has 1 saturated carbocycles. The van der Waals surface area contributed by atoms with Crippen molar-refractivity contribution in [1.82, 2.24) is 18.9 Å². The maximum Gasteiger partial charge on any atom is 0.144 e. The first-order valence-corrected chi connectivity index (χ1v) is 18.5. The van der Waals surface area contributed by atoms with Crippen LogP contribution in [0.15, 0.2) is 133 Å². The Balaban J connectivity index is 0.996. The number of nitrogens with zero attached hydrogens (tertiary/aromatic N) is 4. The zero-order chi connectivity index (χ0) is 35.3. The van der Waals surface area contributed by atoms with Crippen LogP contribution in [0.25, 0.3) is 55.0 Å². The lowest BCUT2D eigenvalue weighted by Crippen LogP contribution is -2.50. The molecule has 2 aromatic heterocycles. The zero-order valence-corrected chi connectivity index (χ0v) is 29.8. The van der Waals surface area contributed by atoms with Gasteiger partial charge in [0.15, 0.2) is 0 Å². The fraction of sp³-hybridized carbons (Fsp3) is 0.217. The molecule has 2 unspecified atom stereocenters. The van der Waals surface area contributed by atoms with Gasteiger partial charge in [0.05, 0.1) is 33.4 Å². The number of hydrogen-bond donors (Lipinski definition) is 2. The summed E-state index contributed by atoms with van der Waals surface area (Å²) >= 11 is 0. The standard InChI is InChI=1S/C46H44N4O2/c1-47(29-31-15-13-27-43(45(31)51)49-37-21-7-3-17-33(37)34-18-4-8-22-38(34)49)41-25-11-12-26-42(41)48(2)30-32-16-14-28-44(46(32)52)50-39-23-9-5-19-35(39)36-20-6-10-24-40(36)50/h3-10,13-24,27-28,41-42,51-52H,11-12,25-26,29-30H2,1-2H3. The second-order valence-corrected chi connectivity index (χ2v) is 14.6. The Labute approximate surface area is 304 Å². The molecule has 2 atom stereocenters. The average Bonchev–Trinajstić information content (AvgIpc) is 3.69. The molecular formula is C46H44N4O2. The molecular weight excluding hydrogens is 641 g/mol. The van der Waals surface area contributed by atoms with Crippen LogP contribution in [0, 0.1) is 0 Å². The Kier molecular flexibility index (Phi) is 8.22. The highest BCUT2D eigenvalue weighted by Gasteiger charge is 2.32. The van der Waals surface area contributed by atoms with Gasteiger partial charge in [-0.3, -0.25) is 9.80 Å². The van der Waals surface area contributed by atoms with E-state index >= 15 is 0 Å². The predicted octanol–water partition coefficient (Wildman–Crippen LogP) is 10.2. The number of phenols is 2. The molecule has 0 spiro atoms. The molecule has 0 amide bonds. The molecule has 2 N–H and O–H groups in total. The molecule has 0 bridgehead atoms. The highest BCUT2D eigenvalue weighted by molar-refractivity contribution is 6.10. The number of hydrogen-bond acceptors (Lipinski definition) is 4. The topological polar surface area (TPSA) is 56.8 Å². The summed E-state index contributed by atoms with van der Waals surface area (Å²) in [5.41, 5.74) is 7.80. The number of rotatable bonds is 8. The number of likely N-dealkylation sites (N-methyl/N-ethyl adjacent to an activating group) is 2. The molecule has 260 valence electrons. The molecule has 0 saturated heterocycles. The first kappa shape index (κ1) is 32.4. The van der Waals surface area contributed by atoms with Crippen LogP contribution in [-0.4, -0.2) is 55.3 Å². The van der Waals surface area contributed by atoms with Gasteiger partial charge in [0.1, 0.15) is 11.5 Å². The Hall–Kier alpha value is -5.56. The van der Waals surface area contributed by atoms with Gasteiger partial charge in [0.25, 0.3) is 0 Å². The maximum atomic E-state index is 11.9. The molecule has 52 heavy (non-hydrogen) atoms. The van der Waals surface area contributed by atoms with E-state index in [9.17, 15) is 10.2 Å². The highest BCUT2D eigenvalue weighted by atomic mass is 16.3. The van der Waals surface area contributed by atoms with Gasteiger partial charge in [-0.1, -0.05) is 110 Å². The Morgan fingerprint density at radius 3 is 1.13 bits per heavy atom. The largest absolute Gasteiger partial charge is 0.505 e. The number of phenolic OH excluding ortho intramolecular Hbond substituents is 2. The summed E-state index contributed by atoms with van der Waals surface area (Å²) in [6.45, 7) is 1.28. The molecule has 6 nitrogen and oxygen atoms in total. The molecule has 2 heterocycles. The molecule has 9 rings (SSSR count). The van der Waals surface area contributed by atoms with E-state index in [1.54, 1.807) is 0 Å². The van der Waals surface area contributed by atoms with Crippen molar-refractivity contribution in [3.8, 4) is 22.9 Å². The van der Waals surface area contributed by atoms with Crippen molar-refractivity contribution in [2.24, 2.45) is 0 Å². The van der Waals surface area contributed by atoms with Crippen LogP contribution >= 0.6 is 0 Å². The van der Waals surface area contributed by atoms with Crippen molar-refractivity contribution < 1.29 is 10.2 Å². The van der Waals surface area contributed by atoms with Gasteiger partial charge in [-0.05, 0) is 63.3 Å². The van der Waals surface area contributed by atoms with Gasteiger partial charge in [-0.2, -0.15) is 0 Å². The normalized spacial score (nSPS) is 16.6. The predicted molar refractivity (Wildman–Crippen MR) is 214 cm³/mol. The quantitative estimate of drug-likeness (QED) is 0.167. The lowest BCUT2D eigenvalue weighted by Gasteiger charge is -2.43. The van der Waals surface area contributed by atoms with Gasteiger partial charge in [-0.25, -0.2) is 0 Å². The Morgan fingerprint density at radius 1 is 0.462 bits per heavy atom. The van der Waals surface area contributed by atoms with Gasteiger partial charge < -0.3 is 19.3 Å². The summed E-state index contributed by atoms with van der Waals surface area (Å²) in [5, 5.41) is 28.5. The van der Waals surface area contributed by atoms with Crippen molar-refractivity contribution in [1.29, 1.82) is 0 Å². The molecule has 0 aliphatic heterocycles. The van der Waals surface area contributed by atoms with Gasteiger partial charge in [0, 0.05) is 57.8 Å². The van der Waals surface area contributed by atoms with E-state index in [1.165, 1.54) is 34.4 Å². The van der Waals surface area contributed by atoms with Crippen LogP contribution < -0.4 is 0 Å². The van der Waals surface area contributed by atoms with Crippen LogP contribution in [0.2, 0.25) is 0 Å². The molecule has 1 aliphatic carbocycles. The van der Waals surface area contributed by atoms with Crippen molar-refractivity contribution in [3.05, 3.63) is 145 Å². The number of para-hydroxylation sites is 6. The first-order chi connectivity index (χ1) is 25.5. The van der Waals surface area contributed by atoms with Crippen molar-refractivity contribution in [3.63, 3.8) is 0 Å². The minimum Gasteiger partial charge on any atom is -0.505 e. The van der Waals surface area contributed by atoms with Crippen LogP contribution in [-0.2, 0) is 13.1 Å². The fourth-order valence-electron chi connectivity index (χ4n) is 9.03. The zero-order valence-electron chi connectivity index (χ0n) is 29.8. The highest BCUT2D eigenvalue weighted by Crippen LogP contribution is 2.39. The lowest BCUT2D eigenvalue weighted by atomic mass is 9.88. The number of aromatic hydroxyl groups is 2. The van der Waals surface area contributed by atoms with Gasteiger partial charge in [0.2, 0.25) is 0 Å². The van der Waals surface area contributed by atoms with Crippen LogP contribution in [0.5, 0.6) is 11.5 Å². The first-order valence-electron chi connectivity index (χ1n) is 18.5. The lowest BCUT2D eigenvalue weighted by molar-refractivity contribution is 0.0685. The van der Waals surface area contributed by atoms with E-state index in [1.807, 2.05) is 12.1 Å². The third kappa shape index (κ3) is 5.33. The van der Waals surface area contributed by atoms with Crippen LogP contribution in [0.1, 0.15) is 36.8 Å². The minimum absolute atomic E-state index is 0.303. The third-order valence-corrected chi connectivity index (χ3v) is 11.5. The summed E-state index contributed by atoms with van der Waals surface area (Å²) in [6, 6.07) is 46.6. The van der Waals surface area contributed by atoms with E-state index in [0.29, 0.717) is 36.7 Å². The molecule has 1 aliphatic rings. The second kappa shape index (κ2) is 13.2. The molecule has 0 radical (unpaired) electrons. The fourth-order valence-corrected chi connectivity index (χ4v) is 9.03. The molecule has 1 fully saturated rings. The number of aromatic nitrogens is 2. The molecule has 6 heteroatoms. The van der Waals surface area contributed by atoms with E-state index < -0.39 is 0 Å². The summed E-state index contributed by atoms with van der Waals surface area (Å²) in [7, 11) is 4.40. The average molecular weight is 685 g/mol. The van der Waals surface area contributed by atoms with Crippen molar-refractivity contribution in [2.45, 2.75) is 50.9 Å². The number of benzene rings is 6. The summed E-state index contributed by atoms with van der Waals surface area (Å²) < 4.78 is 4.39. The summed E-state index contributed by atoms with van der Waals surface area (Å²) in [4.78, 5) is 4.86. The Morgan fingerprint density at radius 2 is 0.788 bits per heavy atom. The summed E-state index contributed by atoms with van der Waals surface area (Å²) in [5.74, 6) is 0.654. The maximum absolute atomic E-state index is 11.9. The monoisotopic (exact) mass is 684 g/mol. The Bertz CT molecular complexity index is 2300. The van der Waals surface area contributed by atoms with Crippen LogP contribution in [0.4, 0.5) is 0 Å². The van der Waals surface area contributed by atoms with Gasteiger partial charge >= 0.3 is 0 Å². The number of fused-ring (bicyclic) bond motifs is 6. The SMILES string of the molecule is CN(Cc1cccc(-n2c3ccccc3c3ccccc32)c1O)C1CCCCC1N(C)Cc1cccc(-n2c3ccccc3c3ccccc32)c1O. The van der Waals surface area contributed by atoms with Crippen molar-refractivity contribution >= 4 is 43.6 Å². The van der Waals surface area contributed by atoms with Crippen LogP contribution in [0.3, 0.4) is 0 Å². The van der Waals surface area contributed by atoms with E-state index in [2.05, 4.69) is 154 Å². The van der Waals surface area contributed by atoms with E-state index in [4.69, 9.17) is 0 Å². The minimum atomic E-state index is 0.303. The summed E-state index contributed by atoms with van der Waals surface area (Å²) in [6.07, 6.45) is 4.54. The smallest absolute Gasteiger partial charge is 0.144 e. The molecule has 6 aromatic carbocycles. The van der Waals surface area contributed by atoms with E-state index in [-0.39, 0.29) is 0 Å². The molecule has 8 aromatic rings. The third-order valence-electron chi connectivity index (χ3n) is 11.5. The van der Waals surface area contributed by atoms with Crippen molar-refractivity contribution in [2.75, 3.05) is 14.1 Å².